The van der Waals surface area contributed by atoms with E-state index < -0.39 is 0 Å². The first-order valence-corrected chi connectivity index (χ1v) is 6.91. The Bertz CT molecular complexity index is 558. The summed E-state index contributed by atoms with van der Waals surface area (Å²) in [5.74, 6) is 1.20. The predicted octanol–water partition coefficient (Wildman–Crippen LogP) is 0.891. The molecule has 2 aromatic rings. The van der Waals surface area contributed by atoms with Gasteiger partial charge in [0.15, 0.2) is 0 Å². The Balaban J connectivity index is 2.35. The highest BCUT2D eigenvalue weighted by Gasteiger charge is 2.18. The molecule has 0 bridgehead atoms. The number of nitrogens with zero attached hydrogens (tertiary/aromatic N) is 6. The van der Waals surface area contributed by atoms with Gasteiger partial charge >= 0.3 is 0 Å². The molecule has 8 nitrogen and oxygen atoms in total. The molecule has 1 unspecified atom stereocenters. The topological polar surface area (TPSA) is 95.0 Å². The maximum atomic E-state index is 5.82. The van der Waals surface area contributed by atoms with Gasteiger partial charge in [-0.25, -0.2) is 4.98 Å². The Labute approximate surface area is 124 Å². The van der Waals surface area contributed by atoms with E-state index in [2.05, 4.69) is 38.7 Å². The number of hydrogen-bond donors (Lipinski definition) is 1. The summed E-state index contributed by atoms with van der Waals surface area (Å²) in [6, 6.07) is 0.276. The molecule has 0 saturated heterocycles. The van der Waals surface area contributed by atoms with Crippen LogP contribution in [0.2, 0.25) is 0 Å². The molecule has 1 atom stereocenters. The van der Waals surface area contributed by atoms with Gasteiger partial charge in [-0.05, 0) is 13.3 Å². The molecule has 21 heavy (non-hydrogen) atoms. The first kappa shape index (κ1) is 15.2. The van der Waals surface area contributed by atoms with Gasteiger partial charge in [-0.1, -0.05) is 6.92 Å². The van der Waals surface area contributed by atoms with Gasteiger partial charge < -0.3 is 15.4 Å². The van der Waals surface area contributed by atoms with Crippen LogP contribution in [-0.2, 0) is 4.74 Å². The zero-order valence-electron chi connectivity index (χ0n) is 12.6. The number of ether oxygens (including phenoxy) is 1. The van der Waals surface area contributed by atoms with Crippen molar-refractivity contribution in [2.45, 2.75) is 26.3 Å². The van der Waals surface area contributed by atoms with Crippen molar-refractivity contribution < 1.29 is 4.74 Å². The summed E-state index contributed by atoms with van der Waals surface area (Å²) in [5, 5.41) is 0. The summed E-state index contributed by atoms with van der Waals surface area (Å²) in [4.78, 5) is 19.0. The van der Waals surface area contributed by atoms with Crippen LogP contribution in [0, 0.1) is 0 Å². The van der Waals surface area contributed by atoms with Crippen molar-refractivity contribution >= 4 is 11.9 Å². The van der Waals surface area contributed by atoms with Crippen molar-refractivity contribution in [3.05, 3.63) is 18.7 Å². The summed E-state index contributed by atoms with van der Waals surface area (Å²) in [6.07, 6.45) is 6.02. The van der Waals surface area contributed by atoms with E-state index in [9.17, 15) is 0 Å². The van der Waals surface area contributed by atoms with Crippen molar-refractivity contribution in [1.82, 2.24) is 24.5 Å². The van der Waals surface area contributed by atoms with Crippen molar-refractivity contribution in [1.29, 1.82) is 0 Å². The molecule has 114 valence electrons. The average molecular weight is 291 g/mol. The Kier molecular flexibility index (Phi) is 5.04. The molecule has 2 heterocycles. The molecule has 0 spiro atoms. The summed E-state index contributed by atoms with van der Waals surface area (Å²) in [5.41, 5.74) is 5.82. The van der Waals surface area contributed by atoms with Gasteiger partial charge in [0.2, 0.25) is 17.8 Å². The second kappa shape index (κ2) is 6.98. The lowest BCUT2D eigenvalue weighted by molar-refractivity contribution is 0.203. The van der Waals surface area contributed by atoms with Crippen molar-refractivity contribution in [3.8, 4) is 5.95 Å². The Morgan fingerprint density at radius 2 is 2.19 bits per heavy atom. The number of hydrogen-bond acceptors (Lipinski definition) is 7. The minimum atomic E-state index is 0.189. The number of rotatable bonds is 7. The van der Waals surface area contributed by atoms with Gasteiger partial charge in [-0.2, -0.15) is 15.0 Å². The largest absolute Gasteiger partial charge is 0.383 e. The molecule has 0 fully saturated rings. The fraction of sp³-hybridized carbons (Fsp3) is 0.538. The molecule has 0 aromatic carbocycles. The third-order valence-corrected chi connectivity index (χ3v) is 3.28. The number of methoxy groups -OCH3 is 1. The monoisotopic (exact) mass is 291 g/mol. The summed E-state index contributed by atoms with van der Waals surface area (Å²) in [7, 11) is 1.67. The van der Waals surface area contributed by atoms with Crippen LogP contribution in [0.4, 0.5) is 11.9 Å². The fourth-order valence-corrected chi connectivity index (χ4v) is 1.92. The highest BCUT2D eigenvalue weighted by molar-refractivity contribution is 5.38. The molecule has 0 aliphatic heterocycles. The van der Waals surface area contributed by atoms with Crippen molar-refractivity contribution in [3.63, 3.8) is 0 Å². The number of nitrogens with two attached hydrogens (primary N) is 1. The number of aromatic nitrogens is 5. The van der Waals surface area contributed by atoms with Crippen LogP contribution in [0.15, 0.2) is 18.7 Å². The van der Waals surface area contributed by atoms with Gasteiger partial charge in [0, 0.05) is 32.1 Å². The molecule has 0 aliphatic rings. The van der Waals surface area contributed by atoms with Gasteiger partial charge in [0.05, 0.1) is 6.61 Å². The smallest absolute Gasteiger partial charge is 0.241 e. The second-order valence-corrected chi connectivity index (χ2v) is 4.71. The van der Waals surface area contributed by atoms with Crippen LogP contribution in [0.3, 0.4) is 0 Å². The Hall–Kier alpha value is -2.22. The average Bonchev–Trinajstić information content (AvgIpc) is 3.01. The standard InChI is InChI=1S/C13H21N7O/c1-4-10(2)20(7-8-21-3)13-17-11(14)16-12(18-13)19-6-5-15-9-19/h5-6,9-10H,4,7-8H2,1-3H3,(H2,14,16,17,18). The van der Waals surface area contributed by atoms with Crippen molar-refractivity contribution in [2.24, 2.45) is 0 Å². The maximum absolute atomic E-state index is 5.82. The fourth-order valence-electron chi connectivity index (χ4n) is 1.92. The van der Waals surface area contributed by atoms with E-state index in [4.69, 9.17) is 10.5 Å². The number of anilines is 2. The Morgan fingerprint density at radius 1 is 1.38 bits per heavy atom. The molecule has 2 N–H and O–H groups in total. The van der Waals surface area contributed by atoms with Crippen LogP contribution in [0.25, 0.3) is 5.95 Å². The summed E-state index contributed by atoms with van der Waals surface area (Å²) < 4.78 is 6.86. The number of imidazole rings is 1. The molecule has 0 aliphatic carbocycles. The first-order chi connectivity index (χ1) is 10.2. The van der Waals surface area contributed by atoms with Gasteiger partial charge in [0.25, 0.3) is 0 Å². The molecule has 2 aromatic heterocycles. The lowest BCUT2D eigenvalue weighted by Crippen LogP contribution is -2.37. The maximum Gasteiger partial charge on any atom is 0.241 e. The molecular formula is C13H21N7O. The lowest BCUT2D eigenvalue weighted by atomic mass is 10.2. The molecule has 0 saturated carbocycles. The van der Waals surface area contributed by atoms with Crippen molar-refractivity contribution in [2.75, 3.05) is 30.9 Å². The SMILES string of the molecule is CCC(C)N(CCOC)c1nc(N)nc(-n2ccnc2)n1. The van der Waals surface area contributed by atoms with Crippen LogP contribution < -0.4 is 10.6 Å². The third-order valence-electron chi connectivity index (χ3n) is 3.28. The van der Waals surface area contributed by atoms with Gasteiger partial charge in [-0.3, -0.25) is 4.57 Å². The van der Waals surface area contributed by atoms with Crippen LogP contribution in [0.5, 0.6) is 0 Å². The quantitative estimate of drug-likeness (QED) is 0.809. The zero-order chi connectivity index (χ0) is 15.2. The van der Waals surface area contributed by atoms with E-state index in [0.29, 0.717) is 25.0 Å². The summed E-state index contributed by atoms with van der Waals surface area (Å²) in [6.45, 7) is 5.52. The van der Waals surface area contributed by atoms with E-state index in [0.717, 1.165) is 6.42 Å². The summed E-state index contributed by atoms with van der Waals surface area (Å²) >= 11 is 0. The van der Waals surface area contributed by atoms with E-state index >= 15 is 0 Å². The predicted molar refractivity (Wildman–Crippen MR) is 80.3 cm³/mol. The van der Waals surface area contributed by atoms with Crippen LogP contribution in [0.1, 0.15) is 20.3 Å². The van der Waals surface area contributed by atoms with Crippen LogP contribution in [-0.4, -0.2) is 50.8 Å². The van der Waals surface area contributed by atoms with Gasteiger partial charge in [-0.15, -0.1) is 0 Å². The minimum Gasteiger partial charge on any atom is -0.383 e. The van der Waals surface area contributed by atoms with E-state index in [1.165, 1.54) is 0 Å². The molecule has 8 heteroatoms. The molecular weight excluding hydrogens is 270 g/mol. The third kappa shape index (κ3) is 3.66. The van der Waals surface area contributed by atoms with E-state index in [1.807, 2.05) is 0 Å². The first-order valence-electron chi connectivity index (χ1n) is 6.91. The van der Waals surface area contributed by atoms with E-state index in [-0.39, 0.29) is 12.0 Å². The number of nitrogen functional groups attached to an aromatic ring is 1. The normalized spacial score (nSPS) is 12.3. The lowest BCUT2D eigenvalue weighted by Gasteiger charge is -2.28. The van der Waals surface area contributed by atoms with E-state index in [1.54, 1.807) is 30.4 Å². The van der Waals surface area contributed by atoms with Gasteiger partial charge in [0.1, 0.15) is 6.33 Å². The second-order valence-electron chi connectivity index (χ2n) is 4.71. The highest BCUT2D eigenvalue weighted by atomic mass is 16.5. The molecule has 0 radical (unpaired) electrons. The minimum absolute atomic E-state index is 0.189. The molecule has 2 rings (SSSR count). The van der Waals surface area contributed by atoms with Crippen LogP contribution >= 0.6 is 0 Å². The molecule has 0 amide bonds. The zero-order valence-corrected chi connectivity index (χ0v) is 12.6. The Morgan fingerprint density at radius 3 is 2.81 bits per heavy atom. The highest BCUT2D eigenvalue weighted by Crippen LogP contribution is 2.16.